The molecule has 0 atom stereocenters. The quantitative estimate of drug-likeness (QED) is 0.531. The zero-order chi connectivity index (χ0) is 11.7. The molecule has 0 aliphatic carbocycles. The largest absolute Gasteiger partial charge is 0.462 e. The van der Waals surface area contributed by atoms with Crippen LogP contribution in [-0.4, -0.2) is 20.6 Å². The molecule has 0 saturated carbocycles. The van der Waals surface area contributed by atoms with Crippen LogP contribution in [0.5, 0.6) is 0 Å². The number of carbonyl (C=O) groups is 1. The average molecular weight is 442 g/mol. The third-order valence-corrected chi connectivity index (χ3v) is 3.64. The number of halogens is 2. The normalized spacial score (nSPS) is 10.7. The van der Waals surface area contributed by atoms with Crippen molar-refractivity contribution in [3.05, 3.63) is 27.5 Å². The zero-order valence-electron chi connectivity index (χ0n) is 8.41. The Labute approximate surface area is 120 Å². The van der Waals surface area contributed by atoms with Crippen molar-refractivity contribution in [1.82, 2.24) is 7.99 Å². The first-order chi connectivity index (χ1) is 7.63. The van der Waals surface area contributed by atoms with Crippen LogP contribution in [0.4, 0.5) is 0 Å². The maximum absolute atomic E-state index is 11.6. The third-order valence-electron chi connectivity index (χ3n) is 2.10. The molecule has 0 saturated heterocycles. The van der Waals surface area contributed by atoms with Gasteiger partial charge in [0.1, 0.15) is 3.70 Å². The molecule has 2 aromatic rings. The molecule has 0 aliphatic rings. The van der Waals surface area contributed by atoms with Crippen molar-refractivity contribution in [3.63, 3.8) is 0 Å². The van der Waals surface area contributed by atoms with Gasteiger partial charge in [-0.25, -0.2) is 7.69 Å². The summed E-state index contributed by atoms with van der Waals surface area (Å²) in [5, 5.41) is 5.25. The first kappa shape index (κ1) is 12.1. The van der Waals surface area contributed by atoms with Crippen LogP contribution in [0.25, 0.3) is 10.9 Å². The number of nitrogens with zero attached hydrogens (tertiary/aromatic N) is 2. The minimum Gasteiger partial charge on any atom is -0.462 e. The summed E-state index contributed by atoms with van der Waals surface area (Å²) in [5.74, 6) is -0.290. The monoisotopic (exact) mass is 442 g/mol. The van der Waals surface area contributed by atoms with Gasteiger partial charge in [0.2, 0.25) is 0 Å². The molecule has 0 amide bonds. The predicted molar refractivity (Wildman–Crippen MR) is 77.8 cm³/mol. The first-order valence-electron chi connectivity index (χ1n) is 4.65. The number of rotatable bonds is 2. The van der Waals surface area contributed by atoms with Gasteiger partial charge in [-0.2, -0.15) is 5.10 Å². The Morgan fingerprint density at radius 1 is 1.56 bits per heavy atom. The lowest BCUT2D eigenvalue weighted by Crippen LogP contribution is -2.04. The van der Waals surface area contributed by atoms with E-state index in [0.717, 1.165) is 14.6 Å². The van der Waals surface area contributed by atoms with E-state index in [-0.39, 0.29) is 5.97 Å². The van der Waals surface area contributed by atoms with E-state index in [4.69, 9.17) is 4.74 Å². The second kappa shape index (κ2) is 4.86. The van der Waals surface area contributed by atoms with Crippen LogP contribution in [0.15, 0.2) is 18.2 Å². The van der Waals surface area contributed by atoms with Crippen molar-refractivity contribution in [2.24, 2.45) is 0 Å². The van der Waals surface area contributed by atoms with E-state index in [1.54, 1.807) is 15.9 Å². The van der Waals surface area contributed by atoms with Gasteiger partial charge in [0, 0.05) is 5.39 Å². The lowest BCUT2D eigenvalue weighted by molar-refractivity contribution is 0.0526. The number of hydrogen-bond donors (Lipinski definition) is 0. The molecule has 0 spiro atoms. The molecule has 0 aliphatic heterocycles. The second-order valence-corrected chi connectivity index (χ2v) is 5.04. The van der Waals surface area contributed by atoms with Crippen molar-refractivity contribution >= 4 is 62.3 Å². The van der Waals surface area contributed by atoms with Crippen LogP contribution in [0, 0.1) is 3.70 Å². The van der Waals surface area contributed by atoms with Crippen molar-refractivity contribution in [3.8, 4) is 0 Å². The molecule has 84 valence electrons. The summed E-state index contributed by atoms with van der Waals surface area (Å²) in [7, 11) is 0. The number of fused-ring (bicyclic) bond motifs is 1. The molecule has 0 N–H and O–H groups in total. The molecular weight excluding hydrogens is 434 g/mol. The van der Waals surface area contributed by atoms with Gasteiger partial charge >= 0.3 is 5.97 Å². The van der Waals surface area contributed by atoms with Gasteiger partial charge in [-0.3, -0.25) is 0 Å². The Kier molecular flexibility index (Phi) is 3.67. The number of aromatic nitrogens is 2. The maximum atomic E-state index is 11.6. The predicted octanol–water partition coefficient (Wildman–Crippen LogP) is 3.02. The minimum absolute atomic E-state index is 0.290. The van der Waals surface area contributed by atoms with Gasteiger partial charge in [-0.1, -0.05) is 0 Å². The van der Waals surface area contributed by atoms with Crippen molar-refractivity contribution in [1.29, 1.82) is 0 Å². The van der Waals surface area contributed by atoms with Crippen LogP contribution in [-0.2, 0) is 4.74 Å². The Hall–Kier alpha value is -0.380. The fourth-order valence-electron chi connectivity index (χ4n) is 1.39. The van der Waals surface area contributed by atoms with Gasteiger partial charge in [0.05, 0.1) is 40.6 Å². The summed E-state index contributed by atoms with van der Waals surface area (Å²) in [6, 6.07) is 5.45. The highest BCUT2D eigenvalue weighted by molar-refractivity contribution is 14.1. The standard InChI is InChI=1S/C10H8I2N2O2/c1-2-16-10(15)6-3-4-8-7(5-6)9(11)13-14(8)12/h3-5H,2H2,1H3. The molecule has 0 bridgehead atoms. The average Bonchev–Trinajstić information content (AvgIpc) is 2.55. The second-order valence-electron chi connectivity index (χ2n) is 3.10. The number of hydrogen-bond acceptors (Lipinski definition) is 3. The topological polar surface area (TPSA) is 44.1 Å². The molecule has 6 heteroatoms. The third kappa shape index (κ3) is 2.17. The van der Waals surface area contributed by atoms with E-state index in [1.165, 1.54) is 0 Å². The van der Waals surface area contributed by atoms with Crippen LogP contribution < -0.4 is 0 Å². The van der Waals surface area contributed by atoms with E-state index in [0.29, 0.717) is 12.2 Å². The van der Waals surface area contributed by atoms with Crippen LogP contribution >= 0.6 is 45.5 Å². The number of ether oxygens (including phenoxy) is 1. The summed E-state index contributed by atoms with van der Waals surface area (Å²) in [6.07, 6.45) is 0. The highest BCUT2D eigenvalue weighted by Gasteiger charge is 2.11. The Morgan fingerprint density at radius 3 is 3.00 bits per heavy atom. The highest BCUT2D eigenvalue weighted by Crippen LogP contribution is 2.23. The summed E-state index contributed by atoms with van der Waals surface area (Å²) in [4.78, 5) is 11.6. The summed E-state index contributed by atoms with van der Waals surface area (Å²) >= 11 is 4.26. The number of benzene rings is 1. The van der Waals surface area contributed by atoms with Crippen LogP contribution in [0.1, 0.15) is 17.3 Å². The Bertz CT molecular complexity index is 551. The summed E-state index contributed by atoms with van der Waals surface area (Å²) < 4.78 is 7.60. The Balaban J connectivity index is 2.51. The number of esters is 1. The van der Waals surface area contributed by atoms with Crippen molar-refractivity contribution < 1.29 is 9.53 Å². The van der Waals surface area contributed by atoms with E-state index in [1.807, 2.05) is 12.1 Å². The molecule has 2 rings (SSSR count). The number of carbonyl (C=O) groups excluding carboxylic acids is 1. The molecule has 1 aromatic heterocycles. The van der Waals surface area contributed by atoms with Gasteiger partial charge in [0.25, 0.3) is 0 Å². The van der Waals surface area contributed by atoms with Gasteiger partial charge in [0.15, 0.2) is 0 Å². The Morgan fingerprint density at radius 2 is 2.31 bits per heavy atom. The smallest absolute Gasteiger partial charge is 0.338 e. The van der Waals surface area contributed by atoms with Crippen molar-refractivity contribution in [2.45, 2.75) is 6.92 Å². The lowest BCUT2D eigenvalue weighted by Gasteiger charge is -2.01. The van der Waals surface area contributed by atoms with Gasteiger partial charge in [-0.05, 0) is 47.7 Å². The van der Waals surface area contributed by atoms with Gasteiger partial charge < -0.3 is 4.74 Å². The molecule has 16 heavy (non-hydrogen) atoms. The summed E-state index contributed by atoms with van der Waals surface area (Å²) in [5.41, 5.74) is 1.56. The summed E-state index contributed by atoms with van der Waals surface area (Å²) in [6.45, 7) is 2.18. The molecular formula is C10H8I2N2O2. The fourth-order valence-corrected chi connectivity index (χ4v) is 3.09. The van der Waals surface area contributed by atoms with E-state index in [9.17, 15) is 4.79 Å². The molecule has 0 unspecified atom stereocenters. The molecule has 1 aromatic carbocycles. The lowest BCUT2D eigenvalue weighted by atomic mass is 10.2. The molecule has 4 nitrogen and oxygen atoms in total. The molecule has 0 fully saturated rings. The first-order valence-corrected chi connectivity index (χ1v) is 6.69. The zero-order valence-corrected chi connectivity index (χ0v) is 12.7. The van der Waals surface area contributed by atoms with Crippen molar-refractivity contribution in [2.75, 3.05) is 6.61 Å². The van der Waals surface area contributed by atoms with E-state index < -0.39 is 0 Å². The van der Waals surface area contributed by atoms with Gasteiger partial charge in [-0.15, -0.1) is 0 Å². The SMILES string of the molecule is CCOC(=O)c1ccc2c(c1)c(I)nn2I. The molecule has 1 heterocycles. The minimum atomic E-state index is -0.290. The van der Waals surface area contributed by atoms with E-state index in [2.05, 4.69) is 50.6 Å². The van der Waals surface area contributed by atoms with Crippen LogP contribution in [0.2, 0.25) is 0 Å². The highest BCUT2D eigenvalue weighted by atomic mass is 127. The fraction of sp³-hybridized carbons (Fsp3) is 0.200. The molecule has 0 radical (unpaired) electrons. The van der Waals surface area contributed by atoms with E-state index >= 15 is 0 Å². The van der Waals surface area contributed by atoms with Crippen LogP contribution in [0.3, 0.4) is 0 Å². The maximum Gasteiger partial charge on any atom is 0.338 e.